The van der Waals surface area contributed by atoms with Crippen LogP contribution in [0.5, 0.6) is 0 Å². The van der Waals surface area contributed by atoms with E-state index in [0.717, 1.165) is 30.9 Å². The third kappa shape index (κ3) is 2.89. The number of nitrogens with two attached hydrogens (primary N) is 1. The Labute approximate surface area is 147 Å². The Morgan fingerprint density at radius 2 is 1.88 bits per heavy atom. The fourth-order valence-corrected chi connectivity index (χ4v) is 3.22. The maximum atomic E-state index is 6.40. The zero-order valence-electron chi connectivity index (χ0n) is 14.2. The lowest BCUT2D eigenvalue weighted by Gasteiger charge is -2.21. The number of para-hydroxylation sites is 1. The van der Waals surface area contributed by atoms with Gasteiger partial charge in [0, 0.05) is 17.9 Å². The highest BCUT2D eigenvalue weighted by Crippen LogP contribution is 2.38. The predicted molar refractivity (Wildman–Crippen MR) is 103 cm³/mol. The van der Waals surface area contributed by atoms with E-state index in [1.165, 1.54) is 16.8 Å². The summed E-state index contributed by atoms with van der Waals surface area (Å²) >= 11 is 0. The SMILES string of the molecule is CCc1ccc(Nc2ncnc(N3CCc4ccccc43)c2N)cc1. The van der Waals surface area contributed by atoms with Crippen LogP contribution in [-0.4, -0.2) is 16.5 Å². The average Bonchev–Trinajstić information content (AvgIpc) is 3.08. The summed E-state index contributed by atoms with van der Waals surface area (Å²) in [4.78, 5) is 10.9. The highest BCUT2D eigenvalue weighted by molar-refractivity contribution is 5.83. The predicted octanol–water partition coefficient (Wildman–Crippen LogP) is 4.06. The summed E-state index contributed by atoms with van der Waals surface area (Å²) in [6.07, 6.45) is 3.59. The number of nitrogens with zero attached hydrogens (tertiary/aromatic N) is 3. The lowest BCUT2D eigenvalue weighted by atomic mass is 10.1. The van der Waals surface area contributed by atoms with Crippen LogP contribution in [0.15, 0.2) is 54.9 Å². The molecule has 0 amide bonds. The van der Waals surface area contributed by atoms with Gasteiger partial charge in [-0.15, -0.1) is 0 Å². The van der Waals surface area contributed by atoms with E-state index in [0.29, 0.717) is 11.5 Å². The topological polar surface area (TPSA) is 67.1 Å². The molecule has 0 radical (unpaired) electrons. The van der Waals surface area contributed by atoms with Crippen molar-refractivity contribution in [3.05, 3.63) is 66.0 Å². The molecule has 3 aromatic rings. The van der Waals surface area contributed by atoms with Gasteiger partial charge < -0.3 is 16.0 Å². The Bertz CT molecular complexity index is 889. The molecule has 1 aliphatic rings. The van der Waals surface area contributed by atoms with E-state index in [1.807, 2.05) is 18.2 Å². The molecule has 25 heavy (non-hydrogen) atoms. The highest BCUT2D eigenvalue weighted by Gasteiger charge is 2.23. The van der Waals surface area contributed by atoms with Crippen molar-refractivity contribution in [2.24, 2.45) is 0 Å². The highest BCUT2D eigenvalue weighted by atomic mass is 15.2. The van der Waals surface area contributed by atoms with Crippen LogP contribution in [0.2, 0.25) is 0 Å². The lowest BCUT2D eigenvalue weighted by molar-refractivity contribution is 0.967. The first kappa shape index (κ1) is 15.4. The smallest absolute Gasteiger partial charge is 0.161 e. The fourth-order valence-electron chi connectivity index (χ4n) is 3.22. The first-order valence-electron chi connectivity index (χ1n) is 8.58. The number of rotatable bonds is 4. The number of aryl methyl sites for hydroxylation is 1. The number of hydrogen-bond acceptors (Lipinski definition) is 5. The van der Waals surface area contributed by atoms with Crippen molar-refractivity contribution >= 4 is 28.7 Å². The molecule has 0 aliphatic carbocycles. The number of aromatic nitrogens is 2. The maximum absolute atomic E-state index is 6.40. The molecule has 0 unspecified atom stereocenters. The molecule has 0 atom stereocenters. The monoisotopic (exact) mass is 331 g/mol. The molecule has 126 valence electrons. The van der Waals surface area contributed by atoms with Crippen molar-refractivity contribution in [2.45, 2.75) is 19.8 Å². The summed E-state index contributed by atoms with van der Waals surface area (Å²) in [6, 6.07) is 16.7. The molecule has 3 N–H and O–H groups in total. The Morgan fingerprint density at radius 1 is 1.08 bits per heavy atom. The van der Waals surface area contributed by atoms with Gasteiger partial charge in [-0.3, -0.25) is 0 Å². The Balaban J connectivity index is 1.64. The molecule has 4 rings (SSSR count). The minimum atomic E-state index is 0.568. The number of nitrogens with one attached hydrogen (secondary N) is 1. The van der Waals surface area contributed by atoms with Gasteiger partial charge in [0.25, 0.3) is 0 Å². The van der Waals surface area contributed by atoms with Gasteiger partial charge in [0.05, 0.1) is 0 Å². The van der Waals surface area contributed by atoms with Gasteiger partial charge in [-0.05, 0) is 42.2 Å². The Kier molecular flexibility index (Phi) is 3.98. The van der Waals surface area contributed by atoms with E-state index in [1.54, 1.807) is 6.33 Å². The average molecular weight is 331 g/mol. The molecule has 0 fully saturated rings. The van der Waals surface area contributed by atoms with E-state index in [-0.39, 0.29) is 0 Å². The number of anilines is 5. The minimum Gasteiger partial charge on any atom is -0.393 e. The van der Waals surface area contributed by atoms with E-state index in [2.05, 4.69) is 57.4 Å². The fraction of sp³-hybridized carbons (Fsp3) is 0.200. The minimum absolute atomic E-state index is 0.568. The van der Waals surface area contributed by atoms with Crippen molar-refractivity contribution in [3.8, 4) is 0 Å². The second-order valence-electron chi connectivity index (χ2n) is 6.17. The number of benzene rings is 2. The number of fused-ring (bicyclic) bond motifs is 1. The van der Waals surface area contributed by atoms with Crippen LogP contribution in [0.3, 0.4) is 0 Å². The van der Waals surface area contributed by atoms with Gasteiger partial charge in [0.1, 0.15) is 12.0 Å². The van der Waals surface area contributed by atoms with Crippen LogP contribution >= 0.6 is 0 Å². The lowest BCUT2D eigenvalue weighted by Crippen LogP contribution is -2.17. The summed E-state index contributed by atoms with van der Waals surface area (Å²) in [6.45, 7) is 3.02. The Morgan fingerprint density at radius 3 is 2.68 bits per heavy atom. The summed E-state index contributed by atoms with van der Waals surface area (Å²) in [5.74, 6) is 1.39. The van der Waals surface area contributed by atoms with Crippen molar-refractivity contribution in [1.82, 2.24) is 9.97 Å². The first-order valence-corrected chi connectivity index (χ1v) is 8.58. The van der Waals surface area contributed by atoms with E-state index < -0.39 is 0 Å². The standard InChI is InChI=1S/C20H21N5/c1-2-14-7-9-16(10-8-14)24-19-18(21)20(23-13-22-19)25-12-11-15-5-3-4-6-17(15)25/h3-10,13H,2,11-12,21H2,1H3,(H,22,23,24). The summed E-state index contributed by atoms with van der Waals surface area (Å²) in [5, 5.41) is 3.31. The molecule has 0 spiro atoms. The molecule has 1 aromatic heterocycles. The van der Waals surface area contributed by atoms with Crippen LogP contribution in [0.1, 0.15) is 18.1 Å². The van der Waals surface area contributed by atoms with Gasteiger partial charge in [-0.2, -0.15) is 0 Å². The molecule has 5 nitrogen and oxygen atoms in total. The molecule has 0 saturated carbocycles. The van der Waals surface area contributed by atoms with Crippen molar-refractivity contribution in [1.29, 1.82) is 0 Å². The van der Waals surface area contributed by atoms with Gasteiger partial charge in [0.2, 0.25) is 0 Å². The second-order valence-corrected chi connectivity index (χ2v) is 6.17. The summed E-state index contributed by atoms with van der Waals surface area (Å²) in [7, 11) is 0. The molecule has 0 bridgehead atoms. The third-order valence-corrected chi connectivity index (χ3v) is 4.63. The summed E-state index contributed by atoms with van der Waals surface area (Å²) in [5.41, 5.74) is 11.7. The van der Waals surface area contributed by atoms with Gasteiger partial charge >= 0.3 is 0 Å². The van der Waals surface area contributed by atoms with Crippen molar-refractivity contribution in [2.75, 3.05) is 22.5 Å². The van der Waals surface area contributed by atoms with Crippen LogP contribution in [0, 0.1) is 0 Å². The van der Waals surface area contributed by atoms with Gasteiger partial charge in [-0.1, -0.05) is 37.3 Å². The molecular weight excluding hydrogens is 310 g/mol. The number of nitrogen functional groups attached to an aromatic ring is 1. The molecule has 2 aromatic carbocycles. The summed E-state index contributed by atoms with van der Waals surface area (Å²) < 4.78 is 0. The van der Waals surface area contributed by atoms with E-state index >= 15 is 0 Å². The molecule has 2 heterocycles. The zero-order chi connectivity index (χ0) is 17.2. The van der Waals surface area contributed by atoms with Crippen LogP contribution in [0.4, 0.5) is 28.7 Å². The van der Waals surface area contributed by atoms with Crippen LogP contribution < -0.4 is 16.0 Å². The van der Waals surface area contributed by atoms with Crippen molar-refractivity contribution in [3.63, 3.8) is 0 Å². The second kappa shape index (κ2) is 6.43. The zero-order valence-corrected chi connectivity index (χ0v) is 14.2. The van der Waals surface area contributed by atoms with E-state index in [9.17, 15) is 0 Å². The van der Waals surface area contributed by atoms with Gasteiger partial charge in [-0.25, -0.2) is 9.97 Å². The quantitative estimate of drug-likeness (QED) is 0.754. The number of hydrogen-bond donors (Lipinski definition) is 2. The van der Waals surface area contributed by atoms with Crippen molar-refractivity contribution < 1.29 is 0 Å². The molecule has 1 aliphatic heterocycles. The molecule has 5 heteroatoms. The Hall–Kier alpha value is -3.08. The van der Waals surface area contributed by atoms with Gasteiger partial charge in [0.15, 0.2) is 11.6 Å². The maximum Gasteiger partial charge on any atom is 0.161 e. The van der Waals surface area contributed by atoms with E-state index in [4.69, 9.17) is 5.73 Å². The molecule has 0 saturated heterocycles. The van der Waals surface area contributed by atoms with Crippen LogP contribution in [-0.2, 0) is 12.8 Å². The largest absolute Gasteiger partial charge is 0.393 e. The third-order valence-electron chi connectivity index (χ3n) is 4.63. The normalized spacial score (nSPS) is 12.9. The van der Waals surface area contributed by atoms with Crippen LogP contribution in [0.25, 0.3) is 0 Å². The molecular formula is C20H21N5. The first-order chi connectivity index (χ1) is 12.3.